The molecule has 0 aliphatic carbocycles. The Balaban J connectivity index is 2.26. The van der Waals surface area contributed by atoms with Crippen molar-refractivity contribution in [1.29, 1.82) is 0 Å². The summed E-state index contributed by atoms with van der Waals surface area (Å²) in [6.45, 7) is 6.79. The highest BCUT2D eigenvalue weighted by atomic mass is 16.5. The molecular formula is C11H20N2O3. The average molecular weight is 228 g/mol. The van der Waals surface area contributed by atoms with Crippen molar-refractivity contribution in [3.05, 3.63) is 0 Å². The van der Waals surface area contributed by atoms with Gasteiger partial charge in [0.1, 0.15) is 0 Å². The first-order valence-corrected chi connectivity index (χ1v) is 5.75. The van der Waals surface area contributed by atoms with Crippen molar-refractivity contribution in [3.63, 3.8) is 0 Å². The number of hydrogen-bond donors (Lipinski definition) is 1. The van der Waals surface area contributed by atoms with Gasteiger partial charge in [-0.1, -0.05) is 6.92 Å². The summed E-state index contributed by atoms with van der Waals surface area (Å²) in [5.41, 5.74) is 0. The van der Waals surface area contributed by atoms with Crippen LogP contribution in [0.2, 0.25) is 0 Å². The molecule has 16 heavy (non-hydrogen) atoms. The molecule has 1 aliphatic rings. The lowest BCUT2D eigenvalue weighted by atomic mass is 10.2. The Kier molecular flexibility index (Phi) is 5.42. The highest BCUT2D eigenvalue weighted by Crippen LogP contribution is 1.96. The highest BCUT2D eigenvalue weighted by Gasteiger charge is 2.17. The minimum atomic E-state index is -0.376. The fourth-order valence-corrected chi connectivity index (χ4v) is 1.64. The Morgan fingerprint density at radius 1 is 1.38 bits per heavy atom. The number of Topliss-reactive ketones (excluding diaryl/α,β-unsaturated/α-hetero) is 1. The van der Waals surface area contributed by atoms with Crippen LogP contribution >= 0.6 is 0 Å². The Morgan fingerprint density at radius 3 is 2.56 bits per heavy atom. The monoisotopic (exact) mass is 228 g/mol. The van der Waals surface area contributed by atoms with Crippen LogP contribution in [0.5, 0.6) is 0 Å². The van der Waals surface area contributed by atoms with Crippen LogP contribution in [0.3, 0.4) is 0 Å². The van der Waals surface area contributed by atoms with Gasteiger partial charge in [0.25, 0.3) is 0 Å². The van der Waals surface area contributed by atoms with E-state index in [0.29, 0.717) is 26.2 Å². The summed E-state index contributed by atoms with van der Waals surface area (Å²) in [5.74, 6) is -0.0217. The maximum atomic E-state index is 11.6. The number of ether oxygens (including phenoxy) is 1. The normalized spacial score (nSPS) is 19.1. The molecule has 0 spiro atoms. The second-order valence-corrected chi connectivity index (χ2v) is 4.00. The molecule has 0 radical (unpaired) electrons. The van der Waals surface area contributed by atoms with E-state index in [9.17, 15) is 9.59 Å². The Hall–Kier alpha value is -0.940. The van der Waals surface area contributed by atoms with E-state index < -0.39 is 0 Å². The molecule has 0 aromatic rings. The Bertz CT molecular complexity index is 250. The van der Waals surface area contributed by atoms with Gasteiger partial charge in [-0.05, 0) is 6.92 Å². The van der Waals surface area contributed by atoms with Crippen LogP contribution in [0.1, 0.15) is 20.3 Å². The number of hydrogen-bond acceptors (Lipinski definition) is 4. The highest BCUT2D eigenvalue weighted by molar-refractivity contribution is 5.89. The minimum absolute atomic E-state index is 0.0651. The van der Waals surface area contributed by atoms with Gasteiger partial charge in [-0.15, -0.1) is 0 Å². The zero-order chi connectivity index (χ0) is 12.0. The van der Waals surface area contributed by atoms with Crippen molar-refractivity contribution in [2.75, 3.05) is 32.8 Å². The van der Waals surface area contributed by atoms with Crippen LogP contribution in [0.4, 0.5) is 0 Å². The maximum absolute atomic E-state index is 11.6. The van der Waals surface area contributed by atoms with Gasteiger partial charge in [-0.2, -0.15) is 0 Å². The minimum Gasteiger partial charge on any atom is -0.379 e. The zero-order valence-corrected chi connectivity index (χ0v) is 9.99. The van der Waals surface area contributed by atoms with Crippen LogP contribution in [-0.2, 0) is 14.3 Å². The summed E-state index contributed by atoms with van der Waals surface area (Å²) >= 11 is 0. The Labute approximate surface area is 96.1 Å². The van der Waals surface area contributed by atoms with E-state index in [1.807, 2.05) is 4.90 Å². The van der Waals surface area contributed by atoms with Crippen LogP contribution in [0.25, 0.3) is 0 Å². The van der Waals surface area contributed by atoms with Gasteiger partial charge in [0, 0.05) is 19.5 Å². The quantitative estimate of drug-likeness (QED) is 0.708. The van der Waals surface area contributed by atoms with E-state index in [2.05, 4.69) is 5.32 Å². The maximum Gasteiger partial charge on any atom is 0.234 e. The van der Waals surface area contributed by atoms with Crippen LogP contribution in [-0.4, -0.2) is 55.5 Å². The lowest BCUT2D eigenvalue weighted by Gasteiger charge is -2.26. The molecule has 1 unspecified atom stereocenters. The Morgan fingerprint density at radius 2 is 2.00 bits per heavy atom. The van der Waals surface area contributed by atoms with Crippen molar-refractivity contribution < 1.29 is 14.3 Å². The van der Waals surface area contributed by atoms with Crippen LogP contribution in [0, 0.1) is 0 Å². The summed E-state index contributed by atoms with van der Waals surface area (Å²) in [4.78, 5) is 24.9. The number of rotatable bonds is 5. The molecule has 0 aromatic carbocycles. The predicted octanol–water partition coefficient (Wildman–Crippen LogP) is -0.198. The molecule has 5 heteroatoms. The van der Waals surface area contributed by atoms with Crippen LogP contribution in [0.15, 0.2) is 0 Å². The summed E-state index contributed by atoms with van der Waals surface area (Å²) in [7, 11) is 0. The second kappa shape index (κ2) is 6.60. The lowest BCUT2D eigenvalue weighted by molar-refractivity contribution is -0.128. The van der Waals surface area contributed by atoms with E-state index >= 15 is 0 Å². The summed E-state index contributed by atoms with van der Waals surface area (Å²) in [6, 6.07) is -0.376. The van der Waals surface area contributed by atoms with Crippen molar-refractivity contribution in [2.24, 2.45) is 0 Å². The molecule has 1 saturated heterocycles. The first kappa shape index (κ1) is 13.1. The fraction of sp³-hybridized carbons (Fsp3) is 0.818. The smallest absolute Gasteiger partial charge is 0.234 e. The third kappa shape index (κ3) is 4.28. The summed E-state index contributed by atoms with van der Waals surface area (Å²) in [5, 5.41) is 2.71. The molecule has 92 valence electrons. The zero-order valence-electron chi connectivity index (χ0n) is 9.99. The van der Waals surface area contributed by atoms with Gasteiger partial charge in [-0.3, -0.25) is 14.5 Å². The molecule has 0 bridgehead atoms. The van der Waals surface area contributed by atoms with E-state index in [1.54, 1.807) is 13.8 Å². The average Bonchev–Trinajstić information content (AvgIpc) is 2.29. The molecule has 5 nitrogen and oxygen atoms in total. The molecule has 0 aromatic heterocycles. The molecule has 1 aliphatic heterocycles. The molecule has 1 N–H and O–H groups in total. The third-order valence-electron chi connectivity index (χ3n) is 2.68. The van der Waals surface area contributed by atoms with Crippen molar-refractivity contribution in [3.8, 4) is 0 Å². The first-order valence-electron chi connectivity index (χ1n) is 5.75. The number of amides is 1. The standard InChI is InChI=1S/C11H20N2O3/c1-3-10(14)9(2)12-11(15)8-13-4-6-16-7-5-13/h9H,3-8H2,1-2H3,(H,12,15). The molecule has 1 heterocycles. The number of morpholine rings is 1. The van der Waals surface area contributed by atoms with E-state index in [1.165, 1.54) is 0 Å². The summed E-state index contributed by atoms with van der Waals surface area (Å²) in [6.07, 6.45) is 0.457. The number of nitrogens with one attached hydrogen (secondary N) is 1. The molecule has 1 fully saturated rings. The first-order chi connectivity index (χ1) is 7.63. The number of carbonyl (C=O) groups is 2. The van der Waals surface area contributed by atoms with Gasteiger partial charge in [0.2, 0.25) is 5.91 Å². The topological polar surface area (TPSA) is 58.6 Å². The van der Waals surface area contributed by atoms with Gasteiger partial charge in [-0.25, -0.2) is 0 Å². The van der Waals surface area contributed by atoms with Gasteiger partial charge >= 0.3 is 0 Å². The molecule has 1 rings (SSSR count). The van der Waals surface area contributed by atoms with Crippen molar-refractivity contribution in [2.45, 2.75) is 26.3 Å². The van der Waals surface area contributed by atoms with E-state index in [0.717, 1.165) is 13.1 Å². The van der Waals surface area contributed by atoms with Crippen LogP contribution < -0.4 is 5.32 Å². The SMILES string of the molecule is CCC(=O)C(C)NC(=O)CN1CCOCC1. The fourth-order valence-electron chi connectivity index (χ4n) is 1.64. The van der Waals surface area contributed by atoms with E-state index in [4.69, 9.17) is 4.74 Å². The predicted molar refractivity (Wildman–Crippen MR) is 60.2 cm³/mol. The summed E-state index contributed by atoms with van der Waals surface area (Å²) < 4.78 is 5.19. The number of carbonyl (C=O) groups excluding carboxylic acids is 2. The van der Waals surface area contributed by atoms with Crippen molar-refractivity contribution >= 4 is 11.7 Å². The molecular weight excluding hydrogens is 208 g/mol. The second-order valence-electron chi connectivity index (χ2n) is 4.00. The lowest BCUT2D eigenvalue weighted by Crippen LogP contribution is -2.46. The number of ketones is 1. The van der Waals surface area contributed by atoms with Gasteiger partial charge in [0.15, 0.2) is 5.78 Å². The third-order valence-corrected chi connectivity index (χ3v) is 2.68. The van der Waals surface area contributed by atoms with E-state index in [-0.39, 0.29) is 17.7 Å². The number of nitrogens with zero attached hydrogens (tertiary/aromatic N) is 1. The molecule has 1 amide bonds. The molecule has 0 saturated carbocycles. The van der Waals surface area contributed by atoms with Gasteiger partial charge in [0.05, 0.1) is 25.8 Å². The molecule has 1 atom stereocenters. The largest absolute Gasteiger partial charge is 0.379 e. The van der Waals surface area contributed by atoms with Gasteiger partial charge < -0.3 is 10.1 Å². The van der Waals surface area contributed by atoms with Crippen molar-refractivity contribution in [1.82, 2.24) is 10.2 Å².